The van der Waals surface area contributed by atoms with Crippen LogP contribution in [-0.4, -0.2) is 28.4 Å². The zero-order valence-corrected chi connectivity index (χ0v) is 14.3. The monoisotopic (exact) mass is 411 g/mol. The summed E-state index contributed by atoms with van der Waals surface area (Å²) in [7, 11) is 0. The second-order valence-electron chi connectivity index (χ2n) is 5.40. The lowest BCUT2D eigenvalue weighted by molar-refractivity contribution is 0.00401. The Kier molecular flexibility index (Phi) is 5.09. The number of rotatable bonds is 4. The highest BCUT2D eigenvalue weighted by molar-refractivity contribution is 14.1. The molecular formula is C16H18IN3O2. The molecule has 0 radical (unpaired) electrons. The Balaban J connectivity index is 1.58. The van der Waals surface area contributed by atoms with E-state index in [2.05, 4.69) is 33.0 Å². The first-order chi connectivity index (χ1) is 10.7. The molecule has 1 N–H and O–H groups in total. The third-order valence-electron chi connectivity index (χ3n) is 3.66. The molecule has 1 fully saturated rings. The van der Waals surface area contributed by atoms with Gasteiger partial charge in [-0.15, -0.1) is 0 Å². The van der Waals surface area contributed by atoms with E-state index in [1.54, 1.807) is 6.20 Å². The maximum Gasteiger partial charge on any atom is 0.255 e. The Morgan fingerprint density at radius 3 is 2.91 bits per heavy atom. The van der Waals surface area contributed by atoms with E-state index in [9.17, 15) is 4.79 Å². The molecule has 22 heavy (non-hydrogen) atoms. The number of amides is 1. The Morgan fingerprint density at radius 1 is 1.36 bits per heavy atom. The summed E-state index contributed by atoms with van der Waals surface area (Å²) in [5.41, 5.74) is 1.35. The molecule has 0 aliphatic carbocycles. The van der Waals surface area contributed by atoms with Crippen LogP contribution in [0.15, 0.2) is 36.7 Å². The lowest BCUT2D eigenvalue weighted by Crippen LogP contribution is -2.24. The van der Waals surface area contributed by atoms with Crippen molar-refractivity contribution < 1.29 is 9.53 Å². The zero-order valence-electron chi connectivity index (χ0n) is 12.2. The van der Waals surface area contributed by atoms with Crippen molar-refractivity contribution in [2.75, 3.05) is 11.9 Å². The number of aromatic nitrogens is 2. The molecule has 1 aromatic heterocycles. The summed E-state index contributed by atoms with van der Waals surface area (Å²) in [6.45, 7) is 1.57. The topological polar surface area (TPSA) is 56.2 Å². The van der Waals surface area contributed by atoms with Crippen LogP contribution in [0.5, 0.6) is 0 Å². The number of nitrogens with zero attached hydrogens (tertiary/aromatic N) is 2. The average Bonchev–Trinajstić information content (AvgIpc) is 2.96. The summed E-state index contributed by atoms with van der Waals surface area (Å²) in [6.07, 6.45) is 7.18. The first-order valence-corrected chi connectivity index (χ1v) is 8.49. The third-order valence-corrected chi connectivity index (χ3v) is 4.38. The minimum absolute atomic E-state index is 0.120. The van der Waals surface area contributed by atoms with Gasteiger partial charge >= 0.3 is 0 Å². The Bertz CT molecular complexity index is 633. The van der Waals surface area contributed by atoms with Crippen LogP contribution in [0.4, 0.5) is 5.69 Å². The fourth-order valence-electron chi connectivity index (χ4n) is 2.49. The predicted octanol–water partition coefficient (Wildman–Crippen LogP) is 3.31. The van der Waals surface area contributed by atoms with Gasteiger partial charge in [0.15, 0.2) is 0 Å². The number of ether oxygens (including phenoxy) is 1. The average molecular weight is 411 g/mol. The van der Waals surface area contributed by atoms with Crippen LogP contribution in [0.3, 0.4) is 0 Å². The van der Waals surface area contributed by atoms with E-state index >= 15 is 0 Å². The maximum absolute atomic E-state index is 12.1. The van der Waals surface area contributed by atoms with Crippen LogP contribution in [-0.2, 0) is 11.3 Å². The summed E-state index contributed by atoms with van der Waals surface area (Å²) in [5, 5.41) is 7.16. The molecule has 0 bridgehead atoms. The van der Waals surface area contributed by atoms with Crippen molar-refractivity contribution in [2.45, 2.75) is 31.9 Å². The summed E-state index contributed by atoms with van der Waals surface area (Å²) < 4.78 is 8.64. The van der Waals surface area contributed by atoms with Gasteiger partial charge in [-0.2, -0.15) is 5.10 Å². The molecule has 1 unspecified atom stereocenters. The number of halogens is 1. The lowest BCUT2D eigenvalue weighted by atomic mass is 10.1. The second kappa shape index (κ2) is 7.23. The number of carbonyl (C=O) groups excluding carboxylic acids is 1. The number of benzene rings is 1. The van der Waals surface area contributed by atoms with E-state index in [1.165, 1.54) is 6.42 Å². The van der Waals surface area contributed by atoms with Crippen molar-refractivity contribution in [1.82, 2.24) is 9.78 Å². The predicted molar refractivity (Wildman–Crippen MR) is 92.9 cm³/mol. The molecule has 2 heterocycles. The molecular weight excluding hydrogens is 393 g/mol. The van der Waals surface area contributed by atoms with Gasteiger partial charge in [0, 0.05) is 21.9 Å². The summed E-state index contributed by atoms with van der Waals surface area (Å²) in [6, 6.07) is 7.47. The normalized spacial score (nSPS) is 18.1. The number of nitrogens with one attached hydrogen (secondary N) is 1. The fourth-order valence-corrected chi connectivity index (χ4v) is 2.85. The Labute approximate surface area is 143 Å². The number of carbonyl (C=O) groups is 1. The third kappa shape index (κ3) is 4.07. The van der Waals surface area contributed by atoms with Gasteiger partial charge in [-0.05, 0) is 66.1 Å². The van der Waals surface area contributed by atoms with Gasteiger partial charge in [0.2, 0.25) is 0 Å². The second-order valence-corrected chi connectivity index (χ2v) is 6.65. The largest absolute Gasteiger partial charge is 0.376 e. The standard InChI is InChI=1S/C16H18IN3O2/c17-13-6-4-12(5-7-13)16(21)19-14-9-18-20(10-14)11-15-3-1-2-8-22-15/h4-7,9-10,15H,1-3,8,11H2,(H,19,21). The van der Waals surface area contributed by atoms with Crippen LogP contribution < -0.4 is 5.32 Å². The van der Waals surface area contributed by atoms with Gasteiger partial charge in [0.1, 0.15) is 0 Å². The lowest BCUT2D eigenvalue weighted by Gasteiger charge is -2.22. The first kappa shape index (κ1) is 15.5. The number of anilines is 1. The Morgan fingerprint density at radius 2 is 2.18 bits per heavy atom. The molecule has 116 valence electrons. The highest BCUT2D eigenvalue weighted by atomic mass is 127. The van der Waals surface area contributed by atoms with Gasteiger partial charge in [0.05, 0.1) is 24.5 Å². The molecule has 1 aliphatic heterocycles. The number of hydrogen-bond donors (Lipinski definition) is 1. The van der Waals surface area contributed by atoms with Crippen LogP contribution >= 0.6 is 22.6 Å². The van der Waals surface area contributed by atoms with E-state index in [0.717, 1.165) is 29.6 Å². The van der Waals surface area contributed by atoms with Crippen molar-refractivity contribution in [1.29, 1.82) is 0 Å². The molecule has 1 aliphatic rings. The molecule has 0 spiro atoms. The highest BCUT2D eigenvalue weighted by Gasteiger charge is 2.15. The van der Waals surface area contributed by atoms with Gasteiger partial charge < -0.3 is 10.1 Å². The van der Waals surface area contributed by atoms with Crippen LogP contribution in [0.25, 0.3) is 0 Å². The zero-order chi connectivity index (χ0) is 15.4. The summed E-state index contributed by atoms with van der Waals surface area (Å²) in [4.78, 5) is 12.1. The first-order valence-electron chi connectivity index (χ1n) is 7.42. The molecule has 5 nitrogen and oxygen atoms in total. The van der Waals surface area contributed by atoms with Crippen LogP contribution in [0.2, 0.25) is 0 Å². The molecule has 1 saturated heterocycles. The van der Waals surface area contributed by atoms with Gasteiger partial charge in [0.25, 0.3) is 5.91 Å². The molecule has 1 atom stereocenters. The summed E-state index contributed by atoms with van der Waals surface area (Å²) >= 11 is 2.22. The molecule has 2 aromatic rings. The van der Waals surface area contributed by atoms with E-state index in [0.29, 0.717) is 11.3 Å². The molecule has 0 saturated carbocycles. The quantitative estimate of drug-likeness (QED) is 0.786. The van der Waals surface area contributed by atoms with E-state index in [-0.39, 0.29) is 12.0 Å². The van der Waals surface area contributed by atoms with Gasteiger partial charge in [-0.25, -0.2) is 0 Å². The SMILES string of the molecule is O=C(Nc1cnn(CC2CCCCO2)c1)c1ccc(I)cc1. The van der Waals surface area contributed by atoms with Crippen LogP contribution in [0, 0.1) is 3.57 Å². The van der Waals surface area contributed by atoms with E-state index in [4.69, 9.17) is 4.74 Å². The van der Waals surface area contributed by atoms with Gasteiger partial charge in [-0.1, -0.05) is 0 Å². The minimum atomic E-state index is -0.120. The Hall–Kier alpha value is -1.41. The van der Waals surface area contributed by atoms with Crippen molar-refractivity contribution in [3.8, 4) is 0 Å². The molecule has 6 heteroatoms. The van der Waals surface area contributed by atoms with Crippen molar-refractivity contribution in [3.63, 3.8) is 0 Å². The fraction of sp³-hybridized carbons (Fsp3) is 0.375. The minimum Gasteiger partial charge on any atom is -0.376 e. The van der Waals surface area contributed by atoms with Crippen molar-refractivity contribution >= 4 is 34.2 Å². The summed E-state index contributed by atoms with van der Waals surface area (Å²) in [5.74, 6) is -0.120. The van der Waals surface area contributed by atoms with Gasteiger partial charge in [-0.3, -0.25) is 9.48 Å². The van der Waals surface area contributed by atoms with Crippen molar-refractivity contribution in [2.24, 2.45) is 0 Å². The van der Waals surface area contributed by atoms with Crippen molar-refractivity contribution in [3.05, 3.63) is 45.8 Å². The smallest absolute Gasteiger partial charge is 0.255 e. The highest BCUT2D eigenvalue weighted by Crippen LogP contribution is 2.16. The number of hydrogen-bond acceptors (Lipinski definition) is 3. The maximum atomic E-state index is 12.1. The molecule has 3 rings (SSSR count). The van der Waals surface area contributed by atoms with Crippen LogP contribution in [0.1, 0.15) is 29.6 Å². The van der Waals surface area contributed by atoms with E-state index in [1.807, 2.05) is 35.1 Å². The molecule has 1 aromatic carbocycles. The van der Waals surface area contributed by atoms with E-state index < -0.39 is 0 Å². The molecule has 1 amide bonds.